The Kier molecular flexibility index (Phi) is 3.49. The van der Waals surface area contributed by atoms with E-state index in [1.54, 1.807) is 0 Å². The van der Waals surface area contributed by atoms with Crippen LogP contribution in [-0.2, 0) is 11.2 Å². The number of phenolic OH excluding ortho intramolecular Hbond substituents is 1. The average Bonchev–Trinajstić information content (AvgIpc) is 2.15. The van der Waals surface area contributed by atoms with Crippen molar-refractivity contribution in [3.63, 3.8) is 0 Å². The van der Waals surface area contributed by atoms with Crippen molar-refractivity contribution < 1.29 is 24.1 Å². The van der Waals surface area contributed by atoms with Crippen LogP contribution in [0.4, 0.5) is 4.39 Å². The Morgan fingerprint density at radius 3 is 2.67 bits per heavy atom. The van der Waals surface area contributed by atoms with Gasteiger partial charge in [-0.25, -0.2) is 4.39 Å². The molecule has 0 aliphatic rings. The van der Waals surface area contributed by atoms with Gasteiger partial charge in [0, 0.05) is 24.1 Å². The van der Waals surface area contributed by atoms with Gasteiger partial charge in [0.05, 0.1) is 7.11 Å². The van der Waals surface area contributed by atoms with Gasteiger partial charge in [0.2, 0.25) is 0 Å². The third-order valence-corrected chi connectivity index (χ3v) is 1.97. The van der Waals surface area contributed by atoms with E-state index in [4.69, 9.17) is 9.84 Å². The summed E-state index contributed by atoms with van der Waals surface area (Å²) in [6.45, 7) is 0. The molecule has 0 aliphatic carbocycles. The molecule has 1 rings (SSSR count). The van der Waals surface area contributed by atoms with E-state index in [-0.39, 0.29) is 29.9 Å². The Bertz CT molecular complexity index is 353. The minimum absolute atomic E-state index is 0.00167. The Balaban J connectivity index is 2.92. The molecule has 0 fully saturated rings. The lowest BCUT2D eigenvalue weighted by atomic mass is 10.1. The zero-order valence-electron chi connectivity index (χ0n) is 8.16. The van der Waals surface area contributed by atoms with E-state index in [1.165, 1.54) is 13.2 Å². The monoisotopic (exact) mass is 214 g/mol. The Morgan fingerprint density at radius 2 is 2.20 bits per heavy atom. The van der Waals surface area contributed by atoms with Crippen LogP contribution < -0.4 is 4.74 Å². The lowest BCUT2D eigenvalue weighted by Gasteiger charge is -2.07. The fourth-order valence-electron chi connectivity index (χ4n) is 1.20. The highest BCUT2D eigenvalue weighted by Gasteiger charge is 2.12. The third-order valence-electron chi connectivity index (χ3n) is 1.97. The number of hydrogen-bond acceptors (Lipinski definition) is 3. The van der Waals surface area contributed by atoms with Gasteiger partial charge in [0.1, 0.15) is 17.3 Å². The fourth-order valence-corrected chi connectivity index (χ4v) is 1.20. The second kappa shape index (κ2) is 4.63. The Morgan fingerprint density at radius 1 is 1.53 bits per heavy atom. The minimum Gasteiger partial charge on any atom is -0.507 e. The predicted molar refractivity (Wildman–Crippen MR) is 50.6 cm³/mol. The molecule has 1 aromatic carbocycles. The number of methoxy groups -OCH3 is 1. The number of phenols is 1. The highest BCUT2D eigenvalue weighted by Crippen LogP contribution is 2.27. The van der Waals surface area contributed by atoms with Gasteiger partial charge in [-0.2, -0.15) is 0 Å². The molecule has 0 spiro atoms. The summed E-state index contributed by atoms with van der Waals surface area (Å²) in [7, 11) is 1.35. The highest BCUT2D eigenvalue weighted by atomic mass is 19.1. The van der Waals surface area contributed by atoms with Crippen molar-refractivity contribution in [3.8, 4) is 11.5 Å². The van der Waals surface area contributed by atoms with Gasteiger partial charge < -0.3 is 14.9 Å². The SMILES string of the molecule is COc1cc(O)c(CCC(=O)O)c(F)c1. The van der Waals surface area contributed by atoms with E-state index in [0.29, 0.717) is 0 Å². The van der Waals surface area contributed by atoms with Crippen LogP contribution in [0.15, 0.2) is 12.1 Å². The number of hydrogen-bond donors (Lipinski definition) is 2. The molecule has 0 saturated carbocycles. The van der Waals surface area contributed by atoms with E-state index in [1.807, 2.05) is 0 Å². The van der Waals surface area contributed by atoms with Crippen molar-refractivity contribution in [1.82, 2.24) is 0 Å². The smallest absolute Gasteiger partial charge is 0.303 e. The van der Waals surface area contributed by atoms with Crippen molar-refractivity contribution >= 4 is 5.97 Å². The van der Waals surface area contributed by atoms with E-state index >= 15 is 0 Å². The normalized spacial score (nSPS) is 10.0. The summed E-state index contributed by atoms with van der Waals surface area (Å²) in [6, 6.07) is 2.36. The summed E-state index contributed by atoms with van der Waals surface area (Å²) in [5, 5.41) is 17.8. The van der Waals surface area contributed by atoms with Crippen molar-refractivity contribution in [2.45, 2.75) is 12.8 Å². The molecule has 5 heteroatoms. The maximum absolute atomic E-state index is 13.3. The summed E-state index contributed by atoms with van der Waals surface area (Å²) >= 11 is 0. The molecule has 0 bridgehead atoms. The number of rotatable bonds is 4. The summed E-state index contributed by atoms with van der Waals surface area (Å²) in [5.41, 5.74) is -0.00167. The third kappa shape index (κ3) is 2.83. The largest absolute Gasteiger partial charge is 0.507 e. The number of benzene rings is 1. The van der Waals surface area contributed by atoms with Crippen molar-refractivity contribution in [1.29, 1.82) is 0 Å². The summed E-state index contributed by atoms with van der Waals surface area (Å²) in [5.74, 6) is -1.78. The number of carbonyl (C=O) groups is 1. The molecule has 0 radical (unpaired) electrons. The van der Waals surface area contributed by atoms with Gasteiger partial charge in [-0.05, 0) is 6.42 Å². The lowest BCUT2D eigenvalue weighted by molar-refractivity contribution is -0.136. The van der Waals surface area contributed by atoms with E-state index in [0.717, 1.165) is 6.07 Å². The number of halogens is 1. The van der Waals surface area contributed by atoms with Gasteiger partial charge in [0.25, 0.3) is 0 Å². The minimum atomic E-state index is -1.04. The maximum atomic E-state index is 13.3. The first-order valence-corrected chi connectivity index (χ1v) is 4.31. The molecular formula is C10H11FO4. The average molecular weight is 214 g/mol. The first kappa shape index (κ1) is 11.3. The van der Waals surface area contributed by atoms with Crippen LogP contribution in [0.3, 0.4) is 0 Å². The van der Waals surface area contributed by atoms with Gasteiger partial charge in [-0.3, -0.25) is 4.79 Å². The van der Waals surface area contributed by atoms with E-state index in [9.17, 15) is 14.3 Å². The van der Waals surface area contributed by atoms with Crippen LogP contribution in [0.5, 0.6) is 11.5 Å². The maximum Gasteiger partial charge on any atom is 0.303 e. The molecule has 0 aliphatic heterocycles. The number of ether oxygens (including phenoxy) is 1. The van der Waals surface area contributed by atoms with Gasteiger partial charge in [-0.1, -0.05) is 0 Å². The topological polar surface area (TPSA) is 66.8 Å². The quantitative estimate of drug-likeness (QED) is 0.798. The number of carboxylic acid groups (broad SMARTS) is 1. The molecule has 0 saturated heterocycles. The number of carboxylic acids is 1. The first-order valence-electron chi connectivity index (χ1n) is 4.31. The van der Waals surface area contributed by atoms with Crippen molar-refractivity contribution in [3.05, 3.63) is 23.5 Å². The standard InChI is InChI=1S/C10H11FO4/c1-15-6-4-8(11)7(9(12)5-6)2-3-10(13)14/h4-5,12H,2-3H2,1H3,(H,13,14). The van der Waals surface area contributed by atoms with Crippen LogP contribution in [0.1, 0.15) is 12.0 Å². The van der Waals surface area contributed by atoms with Crippen LogP contribution in [0, 0.1) is 5.82 Å². The summed E-state index contributed by atoms with van der Waals surface area (Å²) < 4.78 is 18.1. The number of aliphatic carboxylic acids is 1. The zero-order valence-corrected chi connectivity index (χ0v) is 8.16. The van der Waals surface area contributed by atoms with Crippen LogP contribution in [0.25, 0.3) is 0 Å². The highest BCUT2D eigenvalue weighted by molar-refractivity contribution is 5.67. The molecule has 0 aromatic heterocycles. The van der Waals surface area contributed by atoms with Crippen molar-refractivity contribution in [2.75, 3.05) is 7.11 Å². The fraction of sp³-hybridized carbons (Fsp3) is 0.300. The molecule has 82 valence electrons. The zero-order chi connectivity index (χ0) is 11.4. The van der Waals surface area contributed by atoms with Crippen LogP contribution in [-0.4, -0.2) is 23.3 Å². The second-order valence-corrected chi connectivity index (χ2v) is 3.00. The van der Waals surface area contributed by atoms with Crippen LogP contribution >= 0.6 is 0 Å². The molecule has 0 unspecified atom stereocenters. The lowest BCUT2D eigenvalue weighted by Crippen LogP contribution is -2.00. The van der Waals surface area contributed by atoms with Crippen molar-refractivity contribution in [2.24, 2.45) is 0 Å². The Hall–Kier alpha value is -1.78. The van der Waals surface area contributed by atoms with Gasteiger partial charge in [-0.15, -0.1) is 0 Å². The predicted octanol–water partition coefficient (Wildman–Crippen LogP) is 1.56. The molecule has 0 atom stereocenters. The van der Waals surface area contributed by atoms with E-state index in [2.05, 4.69) is 0 Å². The molecule has 0 amide bonds. The number of aromatic hydroxyl groups is 1. The van der Waals surface area contributed by atoms with Crippen LogP contribution in [0.2, 0.25) is 0 Å². The summed E-state index contributed by atoms with van der Waals surface area (Å²) in [4.78, 5) is 10.3. The molecule has 0 heterocycles. The van der Waals surface area contributed by atoms with Gasteiger partial charge in [0.15, 0.2) is 0 Å². The molecule has 1 aromatic rings. The molecule has 2 N–H and O–H groups in total. The molecule has 15 heavy (non-hydrogen) atoms. The first-order chi connectivity index (χ1) is 7.04. The Labute approximate surface area is 85.9 Å². The molecule has 4 nitrogen and oxygen atoms in total. The summed E-state index contributed by atoms with van der Waals surface area (Å²) in [6.07, 6.45) is -0.270. The second-order valence-electron chi connectivity index (χ2n) is 3.00. The molecular weight excluding hydrogens is 203 g/mol. The van der Waals surface area contributed by atoms with E-state index < -0.39 is 11.8 Å². The van der Waals surface area contributed by atoms with Gasteiger partial charge >= 0.3 is 5.97 Å².